The standard InChI is InChI=1S/C15H34N2/c1-3-14(12-16)10-8-6-5-7-9-11-15(4-2)13-17/h14-15H,3-13,16-17H2,1-2H3. The predicted molar refractivity (Wildman–Crippen MR) is 78.0 cm³/mol. The molecule has 17 heavy (non-hydrogen) atoms. The number of rotatable bonds is 12. The third-order valence-corrected chi connectivity index (χ3v) is 4.05. The average molecular weight is 242 g/mol. The Balaban J connectivity index is 3.23. The molecule has 0 rings (SSSR count). The first kappa shape index (κ1) is 16.9. The van der Waals surface area contributed by atoms with Crippen LogP contribution in [-0.2, 0) is 0 Å². The van der Waals surface area contributed by atoms with Crippen molar-refractivity contribution in [3.05, 3.63) is 0 Å². The molecule has 0 heterocycles. The molecule has 0 spiro atoms. The summed E-state index contributed by atoms with van der Waals surface area (Å²) >= 11 is 0. The molecule has 0 aliphatic carbocycles. The van der Waals surface area contributed by atoms with Gasteiger partial charge in [0, 0.05) is 0 Å². The summed E-state index contributed by atoms with van der Waals surface area (Å²) in [5, 5.41) is 0. The van der Waals surface area contributed by atoms with Gasteiger partial charge in [0.15, 0.2) is 0 Å². The van der Waals surface area contributed by atoms with E-state index in [1.54, 1.807) is 0 Å². The van der Waals surface area contributed by atoms with Crippen molar-refractivity contribution in [2.75, 3.05) is 13.1 Å². The molecule has 104 valence electrons. The molecule has 0 aromatic heterocycles. The van der Waals surface area contributed by atoms with Crippen LogP contribution in [0.25, 0.3) is 0 Å². The topological polar surface area (TPSA) is 52.0 Å². The van der Waals surface area contributed by atoms with Gasteiger partial charge in [0.2, 0.25) is 0 Å². The van der Waals surface area contributed by atoms with Gasteiger partial charge in [0.05, 0.1) is 0 Å². The van der Waals surface area contributed by atoms with Crippen LogP contribution in [0.3, 0.4) is 0 Å². The molecule has 2 heteroatoms. The van der Waals surface area contributed by atoms with Gasteiger partial charge in [-0.1, -0.05) is 58.8 Å². The third kappa shape index (κ3) is 9.61. The van der Waals surface area contributed by atoms with E-state index in [9.17, 15) is 0 Å². The van der Waals surface area contributed by atoms with Crippen LogP contribution < -0.4 is 11.5 Å². The minimum Gasteiger partial charge on any atom is -0.330 e. The predicted octanol–water partition coefficient (Wildman–Crippen LogP) is 3.69. The summed E-state index contributed by atoms with van der Waals surface area (Å²) in [4.78, 5) is 0. The Hall–Kier alpha value is -0.0800. The van der Waals surface area contributed by atoms with E-state index in [-0.39, 0.29) is 0 Å². The molecule has 0 saturated carbocycles. The fourth-order valence-electron chi connectivity index (χ4n) is 2.37. The van der Waals surface area contributed by atoms with E-state index in [1.807, 2.05) is 0 Å². The molecule has 2 atom stereocenters. The van der Waals surface area contributed by atoms with Crippen molar-refractivity contribution in [1.82, 2.24) is 0 Å². The smallest absolute Gasteiger partial charge is 0.00490 e. The van der Waals surface area contributed by atoms with Crippen LogP contribution in [0.4, 0.5) is 0 Å². The van der Waals surface area contributed by atoms with Crippen molar-refractivity contribution in [2.45, 2.75) is 71.6 Å². The Labute approximate surface area is 109 Å². The fraction of sp³-hybridized carbons (Fsp3) is 1.00. The quantitative estimate of drug-likeness (QED) is 0.513. The molecule has 0 aromatic carbocycles. The average Bonchev–Trinajstić information content (AvgIpc) is 2.37. The normalized spacial score (nSPS) is 14.8. The minimum absolute atomic E-state index is 0.761. The summed E-state index contributed by atoms with van der Waals surface area (Å²) in [6, 6.07) is 0. The number of unbranched alkanes of at least 4 members (excludes halogenated alkanes) is 4. The molecule has 4 N–H and O–H groups in total. The summed E-state index contributed by atoms with van der Waals surface area (Å²) in [6.07, 6.45) is 12.0. The van der Waals surface area contributed by atoms with Gasteiger partial charge in [-0.15, -0.1) is 0 Å². The Morgan fingerprint density at radius 2 is 1.00 bits per heavy atom. The molecular weight excluding hydrogens is 208 g/mol. The molecule has 2 unspecified atom stereocenters. The van der Waals surface area contributed by atoms with Gasteiger partial charge in [-0.2, -0.15) is 0 Å². The van der Waals surface area contributed by atoms with E-state index >= 15 is 0 Å². The molecular formula is C15H34N2. The molecule has 0 fully saturated rings. The largest absolute Gasteiger partial charge is 0.330 e. The Morgan fingerprint density at radius 3 is 1.29 bits per heavy atom. The van der Waals surface area contributed by atoms with Crippen molar-refractivity contribution in [3.63, 3.8) is 0 Å². The van der Waals surface area contributed by atoms with E-state index in [4.69, 9.17) is 11.5 Å². The highest BCUT2D eigenvalue weighted by molar-refractivity contribution is 4.59. The maximum Gasteiger partial charge on any atom is -0.00490 e. The number of hydrogen-bond acceptors (Lipinski definition) is 2. The SMILES string of the molecule is CCC(CN)CCCCCCCC(CC)CN. The molecule has 0 aliphatic heterocycles. The summed E-state index contributed by atoms with van der Waals surface area (Å²) in [7, 11) is 0. The first-order valence-electron chi connectivity index (χ1n) is 7.68. The van der Waals surface area contributed by atoms with E-state index in [2.05, 4.69) is 13.8 Å². The summed E-state index contributed by atoms with van der Waals surface area (Å²) in [6.45, 7) is 6.22. The highest BCUT2D eigenvalue weighted by Gasteiger charge is 2.04. The number of hydrogen-bond donors (Lipinski definition) is 2. The summed E-state index contributed by atoms with van der Waals surface area (Å²) < 4.78 is 0. The minimum atomic E-state index is 0.761. The van der Waals surface area contributed by atoms with Gasteiger partial charge < -0.3 is 11.5 Å². The molecule has 2 nitrogen and oxygen atoms in total. The highest BCUT2D eigenvalue weighted by atomic mass is 14.5. The van der Waals surface area contributed by atoms with Gasteiger partial charge in [-0.25, -0.2) is 0 Å². The zero-order chi connectivity index (χ0) is 12.9. The zero-order valence-electron chi connectivity index (χ0n) is 12.1. The molecule has 0 amide bonds. The van der Waals surface area contributed by atoms with Crippen molar-refractivity contribution in [2.24, 2.45) is 23.3 Å². The summed E-state index contributed by atoms with van der Waals surface area (Å²) in [5.41, 5.74) is 11.4. The van der Waals surface area contributed by atoms with E-state index in [1.165, 1.54) is 57.8 Å². The van der Waals surface area contributed by atoms with E-state index < -0.39 is 0 Å². The molecule has 0 aliphatic rings. The lowest BCUT2D eigenvalue weighted by atomic mass is 9.96. The van der Waals surface area contributed by atoms with Crippen molar-refractivity contribution in [3.8, 4) is 0 Å². The van der Waals surface area contributed by atoms with Crippen molar-refractivity contribution >= 4 is 0 Å². The first-order chi connectivity index (χ1) is 8.28. The van der Waals surface area contributed by atoms with Crippen molar-refractivity contribution in [1.29, 1.82) is 0 Å². The number of nitrogens with two attached hydrogens (primary N) is 2. The molecule has 0 bridgehead atoms. The van der Waals surface area contributed by atoms with Gasteiger partial charge in [0.1, 0.15) is 0 Å². The molecule has 0 saturated heterocycles. The maximum atomic E-state index is 5.70. The lowest BCUT2D eigenvalue weighted by Gasteiger charge is -2.12. The van der Waals surface area contributed by atoms with Crippen LogP contribution in [-0.4, -0.2) is 13.1 Å². The van der Waals surface area contributed by atoms with Crippen LogP contribution in [0.5, 0.6) is 0 Å². The highest BCUT2D eigenvalue weighted by Crippen LogP contribution is 2.16. The van der Waals surface area contributed by atoms with Crippen LogP contribution in [0, 0.1) is 11.8 Å². The van der Waals surface area contributed by atoms with E-state index in [0.29, 0.717) is 0 Å². The van der Waals surface area contributed by atoms with Gasteiger partial charge >= 0.3 is 0 Å². The lowest BCUT2D eigenvalue weighted by Crippen LogP contribution is -2.13. The van der Waals surface area contributed by atoms with E-state index in [0.717, 1.165) is 24.9 Å². The second kappa shape index (κ2) is 12.4. The maximum absolute atomic E-state index is 5.70. The van der Waals surface area contributed by atoms with Gasteiger partial charge in [-0.3, -0.25) is 0 Å². The molecule has 0 aromatic rings. The van der Waals surface area contributed by atoms with Crippen LogP contribution in [0.2, 0.25) is 0 Å². The van der Waals surface area contributed by atoms with Crippen LogP contribution >= 0.6 is 0 Å². The lowest BCUT2D eigenvalue weighted by molar-refractivity contribution is 0.429. The Bertz CT molecular complexity index is 124. The Morgan fingerprint density at radius 1 is 0.647 bits per heavy atom. The van der Waals surface area contributed by atoms with Crippen LogP contribution in [0.15, 0.2) is 0 Å². The fourth-order valence-corrected chi connectivity index (χ4v) is 2.37. The van der Waals surface area contributed by atoms with Crippen molar-refractivity contribution < 1.29 is 0 Å². The Kier molecular flexibility index (Phi) is 12.3. The van der Waals surface area contributed by atoms with Gasteiger partial charge in [-0.05, 0) is 37.8 Å². The monoisotopic (exact) mass is 242 g/mol. The summed E-state index contributed by atoms with van der Waals surface area (Å²) in [5.74, 6) is 1.52. The third-order valence-electron chi connectivity index (χ3n) is 4.05. The first-order valence-corrected chi connectivity index (χ1v) is 7.68. The van der Waals surface area contributed by atoms with Gasteiger partial charge in [0.25, 0.3) is 0 Å². The van der Waals surface area contributed by atoms with Crippen LogP contribution in [0.1, 0.15) is 71.6 Å². The zero-order valence-corrected chi connectivity index (χ0v) is 12.1. The molecule has 0 radical (unpaired) electrons. The second-order valence-electron chi connectivity index (χ2n) is 5.37. The second-order valence-corrected chi connectivity index (χ2v) is 5.37.